The van der Waals surface area contributed by atoms with Crippen molar-refractivity contribution >= 4 is 49.9 Å². The molecule has 3 rings (SSSR count). The first kappa shape index (κ1) is 18.9. The second-order valence-corrected chi connectivity index (χ2v) is 6.00. The minimum absolute atomic E-state index is 0.0604. The van der Waals surface area contributed by atoms with Crippen LogP contribution in [0, 0.1) is 0 Å². The van der Waals surface area contributed by atoms with Gasteiger partial charge in [0, 0.05) is 16.2 Å². The van der Waals surface area contributed by atoms with Crippen LogP contribution >= 0.6 is 11.3 Å². The van der Waals surface area contributed by atoms with Crippen molar-refractivity contribution in [3.05, 3.63) is 35.2 Å². The molecule has 1 aromatic carbocycles. The first-order chi connectivity index (χ1) is 12.5. The summed E-state index contributed by atoms with van der Waals surface area (Å²) in [5, 5.41) is 2.62. The number of anilines is 1. The van der Waals surface area contributed by atoms with Gasteiger partial charge in [-0.25, -0.2) is 0 Å². The molecule has 5 nitrogen and oxygen atoms in total. The highest BCUT2D eigenvalue weighted by Gasteiger charge is 2.40. The minimum atomic E-state index is -5.31. The Bertz CT molecular complexity index is 1130. The van der Waals surface area contributed by atoms with Gasteiger partial charge in [-0.2, -0.15) is 31.3 Å². The van der Waals surface area contributed by atoms with E-state index in [0.29, 0.717) is 16.7 Å². The number of nitrogens with one attached hydrogen (secondary N) is 1. The van der Waals surface area contributed by atoms with E-state index in [4.69, 9.17) is 4.42 Å². The molecule has 27 heavy (non-hydrogen) atoms. The topological polar surface area (TPSA) is 71.7 Å². The lowest BCUT2D eigenvalue weighted by molar-refractivity contribution is -0.169. The van der Waals surface area contributed by atoms with Crippen LogP contribution in [-0.2, 0) is 9.59 Å². The van der Waals surface area contributed by atoms with Gasteiger partial charge in [0.15, 0.2) is 0 Å². The van der Waals surface area contributed by atoms with E-state index in [0.717, 1.165) is 0 Å². The number of nitrogens with zero attached hydrogens (tertiary/aromatic N) is 1. The Labute approximate surface area is 148 Å². The van der Waals surface area contributed by atoms with Crippen molar-refractivity contribution in [2.75, 3.05) is 5.32 Å². The molecule has 12 heteroatoms. The fourth-order valence-electron chi connectivity index (χ4n) is 2.20. The first-order valence-electron chi connectivity index (χ1n) is 6.95. The van der Waals surface area contributed by atoms with E-state index in [1.165, 1.54) is 23.6 Å². The Morgan fingerprint density at radius 3 is 2.30 bits per heavy atom. The molecule has 0 bridgehead atoms. The SMILES string of the molecule is O=C(N=c1oc2ccccc2c2csc(NC(=O)C(F)(F)F)c12)C(F)(F)F. The Morgan fingerprint density at radius 1 is 1.00 bits per heavy atom. The summed E-state index contributed by atoms with van der Waals surface area (Å²) in [6, 6.07) is 5.97. The van der Waals surface area contributed by atoms with Crippen LogP contribution in [0.2, 0.25) is 0 Å². The number of carbonyl (C=O) groups is 2. The molecule has 142 valence electrons. The summed E-state index contributed by atoms with van der Waals surface area (Å²) in [5.74, 6) is -4.82. The number of fused-ring (bicyclic) bond motifs is 3. The van der Waals surface area contributed by atoms with Crippen LogP contribution in [0.3, 0.4) is 0 Å². The highest BCUT2D eigenvalue weighted by molar-refractivity contribution is 7.16. The van der Waals surface area contributed by atoms with Crippen molar-refractivity contribution in [2.24, 2.45) is 4.99 Å². The standard InChI is InChI=1S/C15H6F6N2O3S/c16-14(17,18)12(24)22-10-9-7(6-3-1-2-4-8(6)26-10)5-27-11(9)23-13(25)15(19,20)21/h1-5H,(H,23,25). The van der Waals surface area contributed by atoms with Gasteiger partial charge in [0.25, 0.3) is 0 Å². The van der Waals surface area contributed by atoms with Crippen LogP contribution in [0.4, 0.5) is 31.3 Å². The minimum Gasteiger partial charge on any atom is -0.437 e. The van der Waals surface area contributed by atoms with Gasteiger partial charge in [0.1, 0.15) is 10.6 Å². The second kappa shape index (κ2) is 6.37. The van der Waals surface area contributed by atoms with Gasteiger partial charge in [-0.15, -0.1) is 11.3 Å². The molecular weight excluding hydrogens is 402 g/mol. The molecule has 0 aliphatic rings. The number of carbonyl (C=O) groups excluding carboxylic acids is 2. The lowest BCUT2D eigenvalue weighted by Crippen LogP contribution is -2.30. The zero-order chi connectivity index (χ0) is 20.0. The fourth-order valence-corrected chi connectivity index (χ4v) is 3.15. The first-order valence-corrected chi connectivity index (χ1v) is 7.83. The molecule has 0 saturated heterocycles. The van der Waals surface area contributed by atoms with Gasteiger partial charge in [0.2, 0.25) is 5.55 Å². The molecule has 0 radical (unpaired) electrons. The Morgan fingerprint density at radius 2 is 1.67 bits per heavy atom. The van der Waals surface area contributed by atoms with E-state index in [-0.39, 0.29) is 16.4 Å². The van der Waals surface area contributed by atoms with E-state index < -0.39 is 34.7 Å². The third-order valence-corrected chi connectivity index (χ3v) is 4.21. The van der Waals surface area contributed by atoms with Gasteiger partial charge in [-0.1, -0.05) is 18.2 Å². The van der Waals surface area contributed by atoms with E-state index in [1.807, 2.05) is 0 Å². The number of halogens is 6. The Balaban J connectivity index is 2.31. The van der Waals surface area contributed by atoms with Crippen molar-refractivity contribution in [3.63, 3.8) is 0 Å². The van der Waals surface area contributed by atoms with Crippen LogP contribution in [0.1, 0.15) is 0 Å². The zero-order valence-electron chi connectivity index (χ0n) is 12.7. The van der Waals surface area contributed by atoms with Gasteiger partial charge < -0.3 is 9.73 Å². The fraction of sp³-hybridized carbons (Fsp3) is 0.133. The molecule has 0 aliphatic heterocycles. The number of para-hydroxylation sites is 1. The number of alkyl halides is 6. The van der Waals surface area contributed by atoms with Crippen molar-refractivity contribution in [1.82, 2.24) is 0 Å². The molecule has 2 heterocycles. The van der Waals surface area contributed by atoms with Crippen LogP contribution in [-0.4, -0.2) is 24.2 Å². The maximum absolute atomic E-state index is 12.5. The molecule has 1 N–H and O–H groups in total. The summed E-state index contributed by atoms with van der Waals surface area (Å²) in [6.45, 7) is 0. The zero-order valence-corrected chi connectivity index (χ0v) is 13.6. The summed E-state index contributed by atoms with van der Waals surface area (Å²) < 4.78 is 80.3. The third-order valence-electron chi connectivity index (χ3n) is 3.32. The van der Waals surface area contributed by atoms with E-state index in [1.54, 1.807) is 11.4 Å². The average Bonchev–Trinajstić information content (AvgIpc) is 2.97. The molecule has 2 aromatic heterocycles. The lowest BCUT2D eigenvalue weighted by Gasteiger charge is -2.07. The highest BCUT2D eigenvalue weighted by atomic mass is 32.1. The predicted octanol–water partition coefficient (Wildman–Crippen LogP) is 4.14. The average molecular weight is 408 g/mol. The Hall–Kier alpha value is -2.89. The third kappa shape index (κ3) is 3.65. The van der Waals surface area contributed by atoms with Crippen molar-refractivity contribution < 1.29 is 40.3 Å². The quantitative estimate of drug-likeness (QED) is 0.616. The molecule has 0 fully saturated rings. The number of hydrogen-bond acceptors (Lipinski definition) is 4. The number of thiophene rings is 1. The predicted molar refractivity (Wildman–Crippen MR) is 82.9 cm³/mol. The van der Waals surface area contributed by atoms with Crippen molar-refractivity contribution in [2.45, 2.75) is 12.4 Å². The smallest absolute Gasteiger partial charge is 0.437 e. The summed E-state index contributed by atoms with van der Waals surface area (Å²) in [4.78, 5) is 25.3. The number of hydrogen-bond donors (Lipinski definition) is 1. The molecule has 3 aromatic rings. The Kier molecular flexibility index (Phi) is 4.46. The number of amides is 2. The summed E-state index contributed by atoms with van der Waals surface area (Å²) in [5.41, 5.74) is -0.796. The second-order valence-electron chi connectivity index (χ2n) is 5.12. The molecule has 2 amide bonds. The van der Waals surface area contributed by atoms with Gasteiger partial charge >= 0.3 is 24.2 Å². The summed E-state index contributed by atoms with van der Waals surface area (Å²) >= 11 is 0.626. The molecule has 0 saturated carbocycles. The van der Waals surface area contributed by atoms with Crippen molar-refractivity contribution in [1.29, 1.82) is 0 Å². The molecule has 0 spiro atoms. The largest absolute Gasteiger partial charge is 0.473 e. The monoisotopic (exact) mass is 408 g/mol. The van der Waals surface area contributed by atoms with Crippen molar-refractivity contribution in [3.8, 4) is 0 Å². The molecule has 0 atom stereocenters. The van der Waals surface area contributed by atoms with E-state index >= 15 is 0 Å². The summed E-state index contributed by atoms with van der Waals surface area (Å²) in [6.07, 6.45) is -10.5. The van der Waals surface area contributed by atoms with Crippen LogP contribution in [0.5, 0.6) is 0 Å². The van der Waals surface area contributed by atoms with Crippen LogP contribution in [0.15, 0.2) is 39.1 Å². The van der Waals surface area contributed by atoms with Gasteiger partial charge in [-0.3, -0.25) is 9.59 Å². The molecule has 0 aliphatic carbocycles. The van der Waals surface area contributed by atoms with E-state index in [9.17, 15) is 35.9 Å². The van der Waals surface area contributed by atoms with Crippen LogP contribution < -0.4 is 10.9 Å². The summed E-state index contributed by atoms with van der Waals surface area (Å²) in [7, 11) is 0. The maximum Gasteiger partial charge on any atom is 0.473 e. The van der Waals surface area contributed by atoms with Crippen LogP contribution in [0.25, 0.3) is 21.7 Å². The molecular formula is C15H6F6N2O3S. The van der Waals surface area contributed by atoms with E-state index in [2.05, 4.69) is 4.99 Å². The van der Waals surface area contributed by atoms with Gasteiger partial charge in [0.05, 0.1) is 5.39 Å². The maximum atomic E-state index is 12.5. The lowest BCUT2D eigenvalue weighted by atomic mass is 10.1. The highest BCUT2D eigenvalue weighted by Crippen LogP contribution is 2.34. The number of benzene rings is 1. The number of rotatable bonds is 1. The normalized spacial score (nSPS) is 13.3. The van der Waals surface area contributed by atoms with Gasteiger partial charge in [-0.05, 0) is 6.07 Å². The molecule has 0 unspecified atom stereocenters.